The van der Waals surface area contributed by atoms with E-state index in [9.17, 15) is 0 Å². The quantitative estimate of drug-likeness (QED) is 0.208. The van der Waals surface area contributed by atoms with Gasteiger partial charge >= 0.3 is 0 Å². The van der Waals surface area contributed by atoms with Crippen molar-refractivity contribution in [3.05, 3.63) is 33.8 Å². The third-order valence-corrected chi connectivity index (χ3v) is 5.00. The molecule has 1 fully saturated rings. The molecule has 0 atom stereocenters. The predicted molar refractivity (Wildman–Crippen MR) is 126 cm³/mol. The second-order valence-corrected chi connectivity index (χ2v) is 7.59. The summed E-state index contributed by atoms with van der Waals surface area (Å²) in [5.74, 6) is 1.53. The van der Waals surface area contributed by atoms with E-state index in [0.717, 1.165) is 69.2 Å². The van der Waals surface area contributed by atoms with Crippen LogP contribution < -0.4 is 10.6 Å². The summed E-state index contributed by atoms with van der Waals surface area (Å²) >= 11 is 3.50. The van der Waals surface area contributed by atoms with Gasteiger partial charge in [-0.3, -0.25) is 0 Å². The molecule has 154 valence electrons. The molecule has 0 spiro atoms. The van der Waals surface area contributed by atoms with Gasteiger partial charge < -0.3 is 20.1 Å². The standard InChI is InChI=1S/C20H32BrN3O2.HI/c1-3-22-20(24-14-18-5-6-19(21)13-16(18)2)23-9-4-10-26-15-17-7-11-25-12-8-17;/h5-6,13,17H,3-4,7-12,14-15H2,1-2H3,(H2,22,23,24);1H. The highest BCUT2D eigenvalue weighted by Crippen LogP contribution is 2.16. The third-order valence-electron chi connectivity index (χ3n) is 4.51. The third kappa shape index (κ3) is 10.1. The Morgan fingerprint density at radius 3 is 2.78 bits per heavy atom. The first-order chi connectivity index (χ1) is 12.7. The molecular weight excluding hydrogens is 521 g/mol. The van der Waals surface area contributed by atoms with Crippen molar-refractivity contribution >= 4 is 45.9 Å². The fourth-order valence-corrected chi connectivity index (χ4v) is 3.36. The molecule has 1 aromatic rings. The molecule has 27 heavy (non-hydrogen) atoms. The van der Waals surface area contributed by atoms with Crippen LogP contribution in [0.4, 0.5) is 0 Å². The van der Waals surface area contributed by atoms with Crippen LogP contribution in [0.5, 0.6) is 0 Å². The summed E-state index contributed by atoms with van der Waals surface area (Å²) < 4.78 is 12.3. The van der Waals surface area contributed by atoms with E-state index in [2.05, 4.69) is 63.6 Å². The van der Waals surface area contributed by atoms with E-state index < -0.39 is 0 Å². The van der Waals surface area contributed by atoms with Crippen molar-refractivity contribution in [1.29, 1.82) is 0 Å². The second-order valence-electron chi connectivity index (χ2n) is 6.68. The number of hydrogen-bond acceptors (Lipinski definition) is 3. The number of guanidine groups is 1. The number of aryl methyl sites for hydroxylation is 1. The molecule has 1 saturated heterocycles. The zero-order chi connectivity index (χ0) is 18.6. The van der Waals surface area contributed by atoms with Gasteiger partial charge in [0, 0.05) is 44.0 Å². The van der Waals surface area contributed by atoms with Gasteiger partial charge in [-0.15, -0.1) is 24.0 Å². The number of rotatable bonds is 9. The summed E-state index contributed by atoms with van der Waals surface area (Å²) in [5.41, 5.74) is 2.49. The zero-order valence-electron chi connectivity index (χ0n) is 16.4. The molecule has 0 aromatic heterocycles. The van der Waals surface area contributed by atoms with E-state index in [0.29, 0.717) is 12.5 Å². The first-order valence-electron chi connectivity index (χ1n) is 9.61. The Bertz CT molecular complexity index is 566. The van der Waals surface area contributed by atoms with Crippen LogP contribution in [0.15, 0.2) is 27.7 Å². The number of halogens is 2. The maximum atomic E-state index is 5.81. The lowest BCUT2D eigenvalue weighted by Gasteiger charge is -2.21. The van der Waals surface area contributed by atoms with Crippen LogP contribution in [0.3, 0.4) is 0 Å². The van der Waals surface area contributed by atoms with Crippen molar-refractivity contribution in [2.24, 2.45) is 10.9 Å². The lowest BCUT2D eigenvalue weighted by atomic mass is 10.0. The van der Waals surface area contributed by atoms with E-state index in [1.165, 1.54) is 11.1 Å². The largest absolute Gasteiger partial charge is 0.381 e. The van der Waals surface area contributed by atoms with Crippen LogP contribution in [0.1, 0.15) is 37.3 Å². The number of nitrogens with zero attached hydrogens (tertiary/aromatic N) is 1. The molecule has 0 amide bonds. The van der Waals surface area contributed by atoms with Gasteiger partial charge in [0.2, 0.25) is 0 Å². The van der Waals surface area contributed by atoms with Gasteiger partial charge in [-0.25, -0.2) is 4.99 Å². The topological polar surface area (TPSA) is 54.9 Å². The van der Waals surface area contributed by atoms with Crippen molar-refractivity contribution in [3.63, 3.8) is 0 Å². The van der Waals surface area contributed by atoms with Crippen LogP contribution in [-0.4, -0.2) is 45.5 Å². The summed E-state index contributed by atoms with van der Waals surface area (Å²) in [6.07, 6.45) is 3.24. The van der Waals surface area contributed by atoms with Crippen LogP contribution in [0, 0.1) is 12.8 Å². The van der Waals surface area contributed by atoms with Crippen molar-refractivity contribution in [1.82, 2.24) is 10.6 Å². The summed E-state index contributed by atoms with van der Waals surface area (Å²) in [7, 11) is 0. The van der Waals surface area contributed by atoms with E-state index in [1.807, 2.05) is 0 Å². The Morgan fingerprint density at radius 2 is 2.07 bits per heavy atom. The first-order valence-corrected chi connectivity index (χ1v) is 10.4. The maximum absolute atomic E-state index is 5.81. The molecule has 0 saturated carbocycles. The summed E-state index contributed by atoms with van der Waals surface area (Å²) in [5, 5.41) is 6.69. The minimum atomic E-state index is 0. The monoisotopic (exact) mass is 553 g/mol. The summed E-state index contributed by atoms with van der Waals surface area (Å²) in [6, 6.07) is 6.31. The van der Waals surface area contributed by atoms with Crippen LogP contribution in [-0.2, 0) is 16.0 Å². The highest BCUT2D eigenvalue weighted by molar-refractivity contribution is 14.0. The predicted octanol–water partition coefficient (Wildman–Crippen LogP) is 4.26. The van der Waals surface area contributed by atoms with Gasteiger partial charge in [0.1, 0.15) is 0 Å². The van der Waals surface area contributed by atoms with Gasteiger partial charge in [0.05, 0.1) is 6.54 Å². The molecule has 0 radical (unpaired) electrons. The van der Waals surface area contributed by atoms with E-state index >= 15 is 0 Å². The Kier molecular flexibility index (Phi) is 13.3. The summed E-state index contributed by atoms with van der Waals surface area (Å²) in [6.45, 7) is 10.0. The lowest BCUT2D eigenvalue weighted by molar-refractivity contribution is 0.0203. The molecule has 1 aliphatic rings. The minimum absolute atomic E-state index is 0. The molecule has 2 rings (SSSR count). The Hall–Kier alpha value is -0.380. The van der Waals surface area contributed by atoms with E-state index in [-0.39, 0.29) is 24.0 Å². The van der Waals surface area contributed by atoms with E-state index in [4.69, 9.17) is 9.47 Å². The van der Waals surface area contributed by atoms with Gasteiger partial charge in [-0.2, -0.15) is 0 Å². The number of aliphatic imine (C=N–C) groups is 1. The summed E-state index contributed by atoms with van der Waals surface area (Å²) in [4.78, 5) is 4.69. The Labute approximate surface area is 189 Å². The first kappa shape index (κ1) is 24.7. The fourth-order valence-electron chi connectivity index (χ4n) is 2.89. The number of nitrogens with one attached hydrogen (secondary N) is 2. The van der Waals surface area contributed by atoms with Crippen LogP contribution in [0.25, 0.3) is 0 Å². The lowest BCUT2D eigenvalue weighted by Crippen LogP contribution is -2.38. The second kappa shape index (κ2) is 14.6. The highest BCUT2D eigenvalue weighted by atomic mass is 127. The highest BCUT2D eigenvalue weighted by Gasteiger charge is 2.13. The zero-order valence-corrected chi connectivity index (χ0v) is 20.3. The molecular formula is C20H33BrIN3O2. The average molecular weight is 554 g/mol. The smallest absolute Gasteiger partial charge is 0.191 e. The van der Waals surface area contributed by atoms with Crippen molar-refractivity contribution in [2.75, 3.05) is 39.5 Å². The van der Waals surface area contributed by atoms with Gasteiger partial charge in [0.15, 0.2) is 5.96 Å². The van der Waals surface area contributed by atoms with Gasteiger partial charge in [-0.1, -0.05) is 22.0 Å². The molecule has 1 aliphatic heterocycles. The Morgan fingerprint density at radius 1 is 1.30 bits per heavy atom. The molecule has 1 aromatic carbocycles. The van der Waals surface area contributed by atoms with Gasteiger partial charge in [0.25, 0.3) is 0 Å². The minimum Gasteiger partial charge on any atom is -0.381 e. The van der Waals surface area contributed by atoms with Crippen LogP contribution >= 0.6 is 39.9 Å². The number of benzene rings is 1. The van der Waals surface area contributed by atoms with E-state index in [1.54, 1.807) is 0 Å². The van der Waals surface area contributed by atoms with Crippen molar-refractivity contribution < 1.29 is 9.47 Å². The van der Waals surface area contributed by atoms with Gasteiger partial charge in [-0.05, 0) is 62.3 Å². The van der Waals surface area contributed by atoms with Crippen molar-refractivity contribution in [2.45, 2.75) is 39.7 Å². The SMILES string of the molecule is CCNC(=NCc1ccc(Br)cc1C)NCCCOCC1CCOCC1.I. The molecule has 0 aliphatic carbocycles. The molecule has 1 heterocycles. The van der Waals surface area contributed by atoms with Crippen LogP contribution in [0.2, 0.25) is 0 Å². The maximum Gasteiger partial charge on any atom is 0.191 e. The molecule has 7 heteroatoms. The Balaban J connectivity index is 0.00000364. The molecule has 2 N–H and O–H groups in total. The molecule has 0 unspecified atom stereocenters. The number of hydrogen-bond donors (Lipinski definition) is 2. The fraction of sp³-hybridized carbons (Fsp3) is 0.650. The normalized spacial score (nSPS) is 15.3. The average Bonchev–Trinajstić information content (AvgIpc) is 2.64. The molecule has 0 bridgehead atoms. The molecule has 5 nitrogen and oxygen atoms in total. The van der Waals surface area contributed by atoms with Crippen molar-refractivity contribution in [3.8, 4) is 0 Å². The number of ether oxygens (including phenoxy) is 2.